The van der Waals surface area contributed by atoms with Crippen molar-refractivity contribution < 1.29 is 4.79 Å². The van der Waals surface area contributed by atoms with Crippen molar-refractivity contribution in [1.82, 2.24) is 16.0 Å². The highest BCUT2D eigenvalue weighted by atomic mass is 16.1. The van der Waals surface area contributed by atoms with Crippen molar-refractivity contribution in [2.75, 3.05) is 26.7 Å². The number of nitrogens with zero attached hydrogens (tertiary/aromatic N) is 1. The summed E-state index contributed by atoms with van der Waals surface area (Å²) in [6, 6.07) is 10.7. The summed E-state index contributed by atoms with van der Waals surface area (Å²) >= 11 is 0. The number of carbonyl (C=O) groups excluding carboxylic acids is 1. The molecule has 5 heteroatoms. The summed E-state index contributed by atoms with van der Waals surface area (Å²) < 4.78 is 0. The molecular weight excluding hydrogens is 324 g/mol. The highest BCUT2D eigenvalue weighted by molar-refractivity contribution is 5.80. The van der Waals surface area contributed by atoms with Crippen molar-refractivity contribution in [2.45, 2.75) is 50.4 Å². The van der Waals surface area contributed by atoms with E-state index in [9.17, 15) is 4.79 Å². The third kappa shape index (κ3) is 5.23. The molecule has 1 aromatic rings. The number of amides is 1. The van der Waals surface area contributed by atoms with E-state index in [0.717, 1.165) is 12.5 Å². The van der Waals surface area contributed by atoms with Crippen molar-refractivity contribution in [1.29, 1.82) is 0 Å². The Labute approximate surface area is 157 Å². The molecule has 26 heavy (non-hydrogen) atoms. The number of carbonyl (C=O) groups is 1. The summed E-state index contributed by atoms with van der Waals surface area (Å²) in [5, 5.41) is 9.75. The standard InChI is InChI=1S/C21H32N4O/c1-22-20(24-14-13-23-19(26)15-17-7-5-6-8-17)25-16-21(11-12-21)18-9-3-2-4-10-18/h2-4,9-10,17H,5-8,11-16H2,1H3,(H,23,26)(H2,22,24,25). The van der Waals surface area contributed by atoms with Gasteiger partial charge in [-0.1, -0.05) is 43.2 Å². The van der Waals surface area contributed by atoms with Crippen LogP contribution in [0.2, 0.25) is 0 Å². The van der Waals surface area contributed by atoms with E-state index in [0.29, 0.717) is 25.4 Å². The zero-order chi connectivity index (χ0) is 18.2. The first kappa shape index (κ1) is 18.7. The summed E-state index contributed by atoms with van der Waals surface area (Å²) in [4.78, 5) is 16.2. The van der Waals surface area contributed by atoms with Crippen LogP contribution >= 0.6 is 0 Å². The van der Waals surface area contributed by atoms with Crippen LogP contribution in [0, 0.1) is 5.92 Å². The van der Waals surface area contributed by atoms with Gasteiger partial charge in [0.2, 0.25) is 5.91 Å². The van der Waals surface area contributed by atoms with Gasteiger partial charge in [-0.25, -0.2) is 0 Å². The summed E-state index contributed by atoms with van der Waals surface area (Å²) in [5.41, 5.74) is 1.66. The van der Waals surface area contributed by atoms with Gasteiger partial charge < -0.3 is 16.0 Å². The Kier molecular flexibility index (Phi) is 6.53. The molecule has 2 fully saturated rings. The number of aliphatic imine (C=N–C) groups is 1. The van der Waals surface area contributed by atoms with Crippen LogP contribution in [-0.4, -0.2) is 38.5 Å². The Morgan fingerprint density at radius 3 is 2.42 bits per heavy atom. The van der Waals surface area contributed by atoms with Gasteiger partial charge in [0.25, 0.3) is 0 Å². The topological polar surface area (TPSA) is 65.5 Å². The third-order valence-corrected chi connectivity index (χ3v) is 5.75. The summed E-state index contributed by atoms with van der Waals surface area (Å²) in [6.07, 6.45) is 8.12. The maximum absolute atomic E-state index is 12.0. The minimum Gasteiger partial charge on any atom is -0.356 e. The van der Waals surface area contributed by atoms with Gasteiger partial charge in [-0.2, -0.15) is 0 Å². The molecule has 0 aliphatic heterocycles. The fraction of sp³-hybridized carbons (Fsp3) is 0.619. The number of hydrogen-bond donors (Lipinski definition) is 3. The monoisotopic (exact) mass is 356 g/mol. The molecule has 0 radical (unpaired) electrons. The SMILES string of the molecule is CN=C(NCCNC(=O)CC1CCCC1)NCC1(c2ccccc2)CC1. The second kappa shape index (κ2) is 9.06. The van der Waals surface area contributed by atoms with Crippen molar-refractivity contribution in [2.24, 2.45) is 10.9 Å². The van der Waals surface area contributed by atoms with E-state index >= 15 is 0 Å². The average molecular weight is 357 g/mol. The Morgan fingerprint density at radius 1 is 1.08 bits per heavy atom. The van der Waals surface area contributed by atoms with Crippen molar-refractivity contribution >= 4 is 11.9 Å². The zero-order valence-electron chi connectivity index (χ0n) is 15.9. The van der Waals surface area contributed by atoms with Gasteiger partial charge in [-0.15, -0.1) is 0 Å². The highest BCUT2D eigenvalue weighted by Gasteiger charge is 2.43. The van der Waals surface area contributed by atoms with Crippen LogP contribution < -0.4 is 16.0 Å². The van der Waals surface area contributed by atoms with Crippen LogP contribution in [0.1, 0.15) is 50.5 Å². The zero-order valence-corrected chi connectivity index (χ0v) is 15.9. The first-order valence-corrected chi connectivity index (χ1v) is 9.99. The molecule has 0 heterocycles. The van der Waals surface area contributed by atoms with E-state index in [1.165, 1.54) is 44.1 Å². The molecule has 5 nitrogen and oxygen atoms in total. The Balaban J connectivity index is 1.33. The molecule has 0 atom stereocenters. The number of nitrogens with one attached hydrogen (secondary N) is 3. The smallest absolute Gasteiger partial charge is 0.220 e. The van der Waals surface area contributed by atoms with E-state index in [-0.39, 0.29) is 11.3 Å². The fourth-order valence-corrected chi connectivity index (χ4v) is 3.92. The lowest BCUT2D eigenvalue weighted by molar-refractivity contribution is -0.121. The van der Waals surface area contributed by atoms with Gasteiger partial charge in [-0.3, -0.25) is 9.79 Å². The van der Waals surface area contributed by atoms with Crippen LogP contribution in [0.15, 0.2) is 35.3 Å². The summed E-state index contributed by atoms with van der Waals surface area (Å²) in [6.45, 7) is 2.22. The molecule has 2 aliphatic carbocycles. The minimum absolute atomic E-state index is 0.183. The number of guanidine groups is 1. The van der Waals surface area contributed by atoms with Crippen LogP contribution in [0.4, 0.5) is 0 Å². The quantitative estimate of drug-likeness (QED) is 0.381. The molecule has 0 saturated heterocycles. The highest BCUT2D eigenvalue weighted by Crippen LogP contribution is 2.47. The van der Waals surface area contributed by atoms with E-state index < -0.39 is 0 Å². The molecule has 0 unspecified atom stereocenters. The molecule has 0 spiro atoms. The van der Waals surface area contributed by atoms with Crippen LogP contribution in [0.25, 0.3) is 0 Å². The van der Waals surface area contributed by atoms with Crippen LogP contribution in [0.3, 0.4) is 0 Å². The largest absolute Gasteiger partial charge is 0.356 e. The first-order valence-electron chi connectivity index (χ1n) is 9.99. The number of benzene rings is 1. The Bertz CT molecular complexity index is 604. The predicted molar refractivity (Wildman–Crippen MR) is 106 cm³/mol. The number of rotatable bonds is 8. The fourth-order valence-electron chi connectivity index (χ4n) is 3.92. The molecule has 3 rings (SSSR count). The van der Waals surface area contributed by atoms with Gasteiger partial charge in [0.1, 0.15) is 0 Å². The molecule has 142 valence electrons. The summed E-state index contributed by atoms with van der Waals surface area (Å²) in [5.74, 6) is 1.59. The lowest BCUT2D eigenvalue weighted by Crippen LogP contribution is -2.44. The van der Waals surface area contributed by atoms with E-state index in [2.05, 4.69) is 51.3 Å². The summed E-state index contributed by atoms with van der Waals surface area (Å²) in [7, 11) is 1.79. The first-order chi connectivity index (χ1) is 12.7. The second-order valence-electron chi connectivity index (χ2n) is 7.70. The van der Waals surface area contributed by atoms with Crippen LogP contribution in [-0.2, 0) is 10.2 Å². The molecule has 0 bridgehead atoms. The normalized spacial score (nSPS) is 19.2. The lowest BCUT2D eigenvalue weighted by Gasteiger charge is -2.19. The molecule has 2 aliphatic rings. The van der Waals surface area contributed by atoms with Crippen molar-refractivity contribution in [3.63, 3.8) is 0 Å². The molecule has 1 aromatic carbocycles. The maximum Gasteiger partial charge on any atom is 0.220 e. The third-order valence-electron chi connectivity index (χ3n) is 5.75. The van der Waals surface area contributed by atoms with Gasteiger partial charge in [0, 0.05) is 38.5 Å². The Morgan fingerprint density at radius 2 is 1.77 bits per heavy atom. The minimum atomic E-state index is 0.183. The van der Waals surface area contributed by atoms with Gasteiger partial charge >= 0.3 is 0 Å². The molecule has 2 saturated carbocycles. The molecule has 0 aromatic heterocycles. The average Bonchev–Trinajstić information content (AvgIpc) is 3.30. The predicted octanol–water partition coefficient (Wildman–Crippen LogP) is 2.58. The van der Waals surface area contributed by atoms with Gasteiger partial charge in [-0.05, 0) is 37.2 Å². The molecular formula is C21H32N4O. The Hall–Kier alpha value is -2.04. The van der Waals surface area contributed by atoms with Gasteiger partial charge in [0.15, 0.2) is 5.96 Å². The van der Waals surface area contributed by atoms with Gasteiger partial charge in [0.05, 0.1) is 0 Å². The molecule has 3 N–H and O–H groups in total. The van der Waals surface area contributed by atoms with Crippen LogP contribution in [0.5, 0.6) is 0 Å². The lowest BCUT2D eigenvalue weighted by atomic mass is 9.96. The van der Waals surface area contributed by atoms with Crippen molar-refractivity contribution in [3.05, 3.63) is 35.9 Å². The van der Waals surface area contributed by atoms with E-state index in [1.807, 2.05) is 0 Å². The van der Waals surface area contributed by atoms with E-state index in [4.69, 9.17) is 0 Å². The van der Waals surface area contributed by atoms with E-state index in [1.54, 1.807) is 7.05 Å². The second-order valence-corrected chi connectivity index (χ2v) is 7.70. The maximum atomic E-state index is 12.0. The molecule has 1 amide bonds. The number of hydrogen-bond acceptors (Lipinski definition) is 2. The van der Waals surface area contributed by atoms with Crippen molar-refractivity contribution in [3.8, 4) is 0 Å².